The molecule has 3 rings (SSSR count). The number of anilines is 1. The van der Waals surface area contributed by atoms with Gasteiger partial charge in [0, 0.05) is 10.7 Å². The highest BCUT2D eigenvalue weighted by molar-refractivity contribution is 8.14. The van der Waals surface area contributed by atoms with Crippen LogP contribution in [0.1, 0.15) is 24.3 Å². The van der Waals surface area contributed by atoms with E-state index in [2.05, 4.69) is 29.3 Å². The van der Waals surface area contributed by atoms with E-state index in [4.69, 9.17) is 29.2 Å². The summed E-state index contributed by atoms with van der Waals surface area (Å²) >= 11 is 13.3. The summed E-state index contributed by atoms with van der Waals surface area (Å²) in [6.07, 6.45) is 0.840. The Hall–Kier alpha value is -1.56. The molecule has 2 aromatic rings. The van der Waals surface area contributed by atoms with Gasteiger partial charge in [-0.05, 0) is 42.4 Å². The molecule has 6 heteroatoms. The van der Waals surface area contributed by atoms with Crippen LogP contribution in [0.2, 0.25) is 5.02 Å². The Morgan fingerprint density at radius 3 is 2.67 bits per heavy atom. The maximum absolute atomic E-state index is 8.34. The first-order valence-electron chi connectivity index (χ1n) is 7.75. The molecular weight excluding hydrogens is 358 g/mol. The molecule has 0 amide bonds. The average Bonchev–Trinajstić information content (AvgIpc) is 2.92. The zero-order valence-electron chi connectivity index (χ0n) is 13.2. The average molecular weight is 376 g/mol. The maximum atomic E-state index is 8.34. The zero-order chi connectivity index (χ0) is 17.1. The monoisotopic (exact) mass is 375 g/mol. The number of thiocarbonyl (C=S) groups is 1. The molecule has 1 saturated heterocycles. The predicted molar refractivity (Wildman–Crippen MR) is 108 cm³/mol. The highest BCUT2D eigenvalue weighted by Gasteiger charge is 2.39. The lowest BCUT2D eigenvalue weighted by Gasteiger charge is -2.31. The van der Waals surface area contributed by atoms with E-state index in [0.717, 1.165) is 17.7 Å². The molecule has 24 heavy (non-hydrogen) atoms. The summed E-state index contributed by atoms with van der Waals surface area (Å²) in [6, 6.07) is 17.7. The molecule has 124 valence electrons. The Bertz CT molecular complexity index is 751. The molecule has 2 aromatic carbocycles. The third kappa shape index (κ3) is 3.58. The van der Waals surface area contributed by atoms with E-state index in [-0.39, 0.29) is 11.4 Å². The Morgan fingerprint density at radius 1 is 1.25 bits per heavy atom. The highest BCUT2D eigenvalue weighted by atomic mass is 35.5. The van der Waals surface area contributed by atoms with Crippen molar-refractivity contribution in [2.24, 2.45) is 0 Å². The van der Waals surface area contributed by atoms with Crippen LogP contribution in [-0.4, -0.2) is 21.1 Å². The number of hydrogen-bond donors (Lipinski definition) is 2. The lowest BCUT2D eigenvalue weighted by Crippen LogP contribution is -2.41. The molecule has 0 aromatic heterocycles. The summed E-state index contributed by atoms with van der Waals surface area (Å²) in [7, 11) is 0. The fourth-order valence-corrected chi connectivity index (χ4v) is 4.72. The van der Waals surface area contributed by atoms with Crippen molar-refractivity contribution in [1.29, 1.82) is 5.41 Å². The lowest BCUT2D eigenvalue weighted by molar-refractivity contribution is 0.372. The molecule has 1 aliphatic heterocycles. The highest BCUT2D eigenvalue weighted by Crippen LogP contribution is 2.43. The summed E-state index contributed by atoms with van der Waals surface area (Å²) in [6.45, 7) is 2.09. The number of rotatable bonds is 3. The number of nitrogens with zero attached hydrogens (tertiary/aromatic N) is 1. The van der Waals surface area contributed by atoms with Gasteiger partial charge < -0.3 is 10.2 Å². The molecule has 1 aliphatic rings. The van der Waals surface area contributed by atoms with Gasteiger partial charge in [-0.1, -0.05) is 66.7 Å². The Morgan fingerprint density at radius 2 is 2.00 bits per heavy atom. The second-order valence-electron chi connectivity index (χ2n) is 5.52. The van der Waals surface area contributed by atoms with E-state index in [1.807, 2.05) is 42.5 Å². The fraction of sp³-hybridized carbons (Fsp3) is 0.222. The van der Waals surface area contributed by atoms with E-state index in [0.29, 0.717) is 15.2 Å². The quantitative estimate of drug-likeness (QED) is 0.691. The van der Waals surface area contributed by atoms with Gasteiger partial charge in [-0.2, -0.15) is 0 Å². The summed E-state index contributed by atoms with van der Waals surface area (Å²) in [5.74, 6) is 0. The normalized spacial score (nSPS) is 20.2. The second-order valence-corrected chi connectivity index (χ2v) is 7.46. The van der Waals surface area contributed by atoms with Crippen molar-refractivity contribution in [2.75, 3.05) is 5.32 Å². The standard InChI is InChI=1S/C18H18ClN3S2/c1-2-15-16(20)24-17(12-7-4-3-5-8-12)22(15)18(23)21-14-10-6-9-13(19)11-14/h3-11,15,17,20H,2H2,1H3,(H,21,23). The van der Waals surface area contributed by atoms with E-state index < -0.39 is 0 Å². The van der Waals surface area contributed by atoms with Crippen LogP contribution in [0.25, 0.3) is 0 Å². The van der Waals surface area contributed by atoms with Crippen molar-refractivity contribution < 1.29 is 0 Å². The first kappa shape index (κ1) is 17.3. The molecule has 0 aliphatic carbocycles. The van der Waals surface area contributed by atoms with Gasteiger partial charge in [0.05, 0.1) is 11.1 Å². The van der Waals surface area contributed by atoms with Crippen molar-refractivity contribution in [3.8, 4) is 0 Å². The van der Waals surface area contributed by atoms with Crippen LogP contribution < -0.4 is 5.32 Å². The Labute approximate surface area is 156 Å². The van der Waals surface area contributed by atoms with E-state index in [1.54, 1.807) is 11.8 Å². The van der Waals surface area contributed by atoms with Crippen LogP contribution in [0.15, 0.2) is 54.6 Å². The largest absolute Gasteiger partial charge is 0.333 e. The molecular formula is C18H18ClN3S2. The number of nitrogens with one attached hydrogen (secondary N) is 2. The van der Waals surface area contributed by atoms with Crippen LogP contribution in [0, 0.1) is 5.41 Å². The van der Waals surface area contributed by atoms with Gasteiger partial charge in [0.1, 0.15) is 5.37 Å². The Balaban J connectivity index is 1.88. The molecule has 0 saturated carbocycles. The molecule has 0 bridgehead atoms. The van der Waals surface area contributed by atoms with Crippen LogP contribution in [0.5, 0.6) is 0 Å². The third-order valence-corrected chi connectivity index (χ3v) is 5.71. The SMILES string of the molecule is CCC1C(=N)SC(c2ccccc2)N1C(=S)Nc1cccc(Cl)c1. The number of benzene rings is 2. The lowest BCUT2D eigenvalue weighted by atomic mass is 10.1. The number of halogens is 1. The van der Waals surface area contributed by atoms with Gasteiger partial charge >= 0.3 is 0 Å². The summed E-state index contributed by atoms with van der Waals surface area (Å²) < 4.78 is 0. The molecule has 2 N–H and O–H groups in total. The van der Waals surface area contributed by atoms with Gasteiger partial charge in [0.15, 0.2) is 5.11 Å². The van der Waals surface area contributed by atoms with Gasteiger partial charge in [-0.15, -0.1) is 0 Å². The van der Waals surface area contributed by atoms with Crippen molar-refractivity contribution in [2.45, 2.75) is 24.8 Å². The molecule has 1 heterocycles. The van der Waals surface area contributed by atoms with Crippen molar-refractivity contribution in [3.63, 3.8) is 0 Å². The topological polar surface area (TPSA) is 39.1 Å². The summed E-state index contributed by atoms with van der Waals surface area (Å²) in [5.41, 5.74) is 2.01. The number of thioether (sulfide) groups is 1. The van der Waals surface area contributed by atoms with Gasteiger partial charge in [-0.3, -0.25) is 5.41 Å². The van der Waals surface area contributed by atoms with Crippen LogP contribution in [0.3, 0.4) is 0 Å². The predicted octanol–water partition coefficient (Wildman–Crippen LogP) is 5.54. The molecule has 3 nitrogen and oxygen atoms in total. The molecule has 0 radical (unpaired) electrons. The second kappa shape index (κ2) is 7.55. The molecule has 0 spiro atoms. The first-order valence-corrected chi connectivity index (χ1v) is 9.41. The number of hydrogen-bond acceptors (Lipinski definition) is 3. The van der Waals surface area contributed by atoms with E-state index in [1.165, 1.54) is 0 Å². The minimum atomic E-state index is -0.000565. The molecule has 2 atom stereocenters. The molecule has 2 unspecified atom stereocenters. The maximum Gasteiger partial charge on any atom is 0.175 e. The zero-order valence-corrected chi connectivity index (χ0v) is 15.6. The Kier molecular flexibility index (Phi) is 5.43. The van der Waals surface area contributed by atoms with Gasteiger partial charge in [0.2, 0.25) is 0 Å². The van der Waals surface area contributed by atoms with Gasteiger partial charge in [-0.25, -0.2) is 0 Å². The van der Waals surface area contributed by atoms with Crippen molar-refractivity contribution in [3.05, 3.63) is 65.2 Å². The summed E-state index contributed by atoms with van der Waals surface area (Å²) in [5, 5.41) is 13.6. The van der Waals surface area contributed by atoms with E-state index >= 15 is 0 Å². The fourth-order valence-electron chi connectivity index (χ4n) is 2.78. The summed E-state index contributed by atoms with van der Waals surface area (Å²) in [4.78, 5) is 2.12. The van der Waals surface area contributed by atoms with Crippen LogP contribution in [0.4, 0.5) is 5.69 Å². The van der Waals surface area contributed by atoms with Crippen molar-refractivity contribution >= 4 is 51.4 Å². The van der Waals surface area contributed by atoms with E-state index in [9.17, 15) is 0 Å². The third-order valence-electron chi connectivity index (χ3n) is 3.91. The van der Waals surface area contributed by atoms with Crippen LogP contribution in [-0.2, 0) is 0 Å². The minimum absolute atomic E-state index is 0.000565. The minimum Gasteiger partial charge on any atom is -0.333 e. The smallest absolute Gasteiger partial charge is 0.175 e. The molecule has 1 fully saturated rings. The van der Waals surface area contributed by atoms with Crippen LogP contribution >= 0.6 is 35.6 Å². The first-order chi connectivity index (χ1) is 11.6. The van der Waals surface area contributed by atoms with Crippen molar-refractivity contribution in [1.82, 2.24) is 4.90 Å². The van der Waals surface area contributed by atoms with Gasteiger partial charge in [0.25, 0.3) is 0 Å².